The standard InChI is InChI=1S/C7H11N3O/c1-10-4-6(9)2-5(3-8)7(10)11/h2,4H,3,8-9H2,1H3. The van der Waals surface area contributed by atoms with Gasteiger partial charge < -0.3 is 16.0 Å². The second-order valence-electron chi connectivity index (χ2n) is 2.42. The van der Waals surface area contributed by atoms with Crippen LogP contribution in [0, 0.1) is 0 Å². The normalized spacial score (nSPS) is 10.0. The minimum absolute atomic E-state index is 0.0818. The Balaban J connectivity index is 3.37. The molecule has 0 spiro atoms. The van der Waals surface area contributed by atoms with Crippen molar-refractivity contribution in [3.05, 3.63) is 28.2 Å². The maximum Gasteiger partial charge on any atom is 0.254 e. The molecule has 4 N–H and O–H groups in total. The molecule has 11 heavy (non-hydrogen) atoms. The van der Waals surface area contributed by atoms with E-state index in [4.69, 9.17) is 11.5 Å². The molecule has 0 amide bonds. The number of aryl methyl sites for hydroxylation is 1. The highest BCUT2D eigenvalue weighted by Gasteiger charge is 1.99. The molecule has 0 saturated carbocycles. The largest absolute Gasteiger partial charge is 0.398 e. The van der Waals surface area contributed by atoms with Crippen LogP contribution in [0.2, 0.25) is 0 Å². The van der Waals surface area contributed by atoms with Crippen molar-refractivity contribution in [1.82, 2.24) is 4.57 Å². The molecule has 1 heterocycles. The van der Waals surface area contributed by atoms with Crippen molar-refractivity contribution in [2.75, 3.05) is 5.73 Å². The first-order chi connectivity index (χ1) is 5.15. The van der Waals surface area contributed by atoms with Crippen molar-refractivity contribution in [3.63, 3.8) is 0 Å². The van der Waals surface area contributed by atoms with Crippen molar-refractivity contribution >= 4 is 5.69 Å². The van der Waals surface area contributed by atoms with Gasteiger partial charge in [0.2, 0.25) is 0 Å². The molecule has 0 radical (unpaired) electrons. The molecule has 0 aromatic carbocycles. The van der Waals surface area contributed by atoms with Gasteiger partial charge in [-0.3, -0.25) is 4.79 Å². The SMILES string of the molecule is Cn1cc(N)cc(CN)c1=O. The second-order valence-corrected chi connectivity index (χ2v) is 2.42. The summed E-state index contributed by atoms with van der Waals surface area (Å²) in [5.41, 5.74) is 11.8. The number of pyridine rings is 1. The topological polar surface area (TPSA) is 74.0 Å². The summed E-state index contributed by atoms with van der Waals surface area (Å²) < 4.78 is 1.43. The summed E-state index contributed by atoms with van der Waals surface area (Å²) in [7, 11) is 1.65. The Morgan fingerprint density at radius 3 is 2.82 bits per heavy atom. The summed E-state index contributed by atoms with van der Waals surface area (Å²) >= 11 is 0. The van der Waals surface area contributed by atoms with Crippen molar-refractivity contribution in [3.8, 4) is 0 Å². The number of anilines is 1. The van der Waals surface area contributed by atoms with Gasteiger partial charge in [0.25, 0.3) is 5.56 Å². The Hall–Kier alpha value is -1.29. The number of hydrogen-bond donors (Lipinski definition) is 2. The lowest BCUT2D eigenvalue weighted by atomic mass is 10.2. The Bertz CT molecular complexity index is 316. The molecule has 0 aliphatic heterocycles. The molecule has 0 atom stereocenters. The molecule has 0 saturated heterocycles. The average molecular weight is 153 g/mol. The zero-order valence-electron chi connectivity index (χ0n) is 6.37. The maximum absolute atomic E-state index is 11.2. The Labute approximate surface area is 64.4 Å². The van der Waals surface area contributed by atoms with Crippen molar-refractivity contribution < 1.29 is 0 Å². The monoisotopic (exact) mass is 153 g/mol. The van der Waals surface area contributed by atoms with E-state index >= 15 is 0 Å². The van der Waals surface area contributed by atoms with Gasteiger partial charge in [-0.25, -0.2) is 0 Å². The van der Waals surface area contributed by atoms with E-state index in [0.717, 1.165) is 0 Å². The number of nitrogens with two attached hydrogens (primary N) is 2. The summed E-state index contributed by atoms with van der Waals surface area (Å²) in [6, 6.07) is 1.60. The molecule has 4 heteroatoms. The molecule has 0 aliphatic carbocycles. The summed E-state index contributed by atoms with van der Waals surface area (Å²) in [5.74, 6) is 0. The first kappa shape index (κ1) is 7.81. The highest BCUT2D eigenvalue weighted by molar-refractivity contribution is 5.37. The van der Waals surface area contributed by atoms with Gasteiger partial charge >= 0.3 is 0 Å². The van der Waals surface area contributed by atoms with Crippen LogP contribution in [0.15, 0.2) is 17.1 Å². The molecular formula is C7H11N3O. The van der Waals surface area contributed by atoms with E-state index in [2.05, 4.69) is 0 Å². The number of aromatic nitrogens is 1. The summed E-state index contributed by atoms with van der Waals surface area (Å²) in [6.45, 7) is 0.234. The van der Waals surface area contributed by atoms with E-state index in [0.29, 0.717) is 11.3 Å². The molecule has 1 aromatic heterocycles. The van der Waals surface area contributed by atoms with Crippen LogP contribution in [-0.4, -0.2) is 4.57 Å². The van der Waals surface area contributed by atoms with Gasteiger partial charge in [-0.1, -0.05) is 0 Å². The third kappa shape index (κ3) is 1.40. The van der Waals surface area contributed by atoms with Crippen LogP contribution < -0.4 is 17.0 Å². The molecule has 0 unspecified atom stereocenters. The fourth-order valence-electron chi connectivity index (χ4n) is 0.955. The lowest BCUT2D eigenvalue weighted by molar-refractivity contribution is 0.833. The first-order valence-electron chi connectivity index (χ1n) is 3.30. The number of hydrogen-bond acceptors (Lipinski definition) is 3. The van der Waals surface area contributed by atoms with Crippen LogP contribution in [0.25, 0.3) is 0 Å². The Kier molecular flexibility index (Phi) is 1.96. The van der Waals surface area contributed by atoms with E-state index in [1.165, 1.54) is 4.57 Å². The number of nitrogen functional groups attached to an aromatic ring is 1. The summed E-state index contributed by atoms with van der Waals surface area (Å²) in [6.07, 6.45) is 1.57. The van der Waals surface area contributed by atoms with Gasteiger partial charge in [-0.2, -0.15) is 0 Å². The fraction of sp³-hybridized carbons (Fsp3) is 0.286. The minimum Gasteiger partial charge on any atom is -0.398 e. The molecule has 0 fully saturated rings. The Morgan fingerprint density at radius 2 is 2.27 bits per heavy atom. The van der Waals surface area contributed by atoms with E-state index in [-0.39, 0.29) is 12.1 Å². The van der Waals surface area contributed by atoms with Crippen molar-refractivity contribution in [2.45, 2.75) is 6.54 Å². The van der Waals surface area contributed by atoms with Crippen LogP contribution in [0.4, 0.5) is 5.69 Å². The van der Waals surface area contributed by atoms with Crippen LogP contribution >= 0.6 is 0 Å². The molecule has 1 rings (SSSR count). The van der Waals surface area contributed by atoms with Gasteiger partial charge in [0, 0.05) is 31.0 Å². The average Bonchev–Trinajstić information content (AvgIpc) is 1.96. The number of rotatable bonds is 1. The van der Waals surface area contributed by atoms with Gasteiger partial charge in [-0.05, 0) is 6.07 Å². The summed E-state index contributed by atoms with van der Waals surface area (Å²) in [5, 5.41) is 0. The number of nitrogens with zero attached hydrogens (tertiary/aromatic N) is 1. The highest BCUT2D eigenvalue weighted by atomic mass is 16.1. The third-order valence-electron chi connectivity index (χ3n) is 1.50. The summed E-state index contributed by atoms with van der Waals surface area (Å²) in [4.78, 5) is 11.2. The zero-order valence-corrected chi connectivity index (χ0v) is 6.37. The fourth-order valence-corrected chi connectivity index (χ4v) is 0.955. The van der Waals surface area contributed by atoms with Crippen LogP contribution in [0.5, 0.6) is 0 Å². The smallest absolute Gasteiger partial charge is 0.254 e. The molecular weight excluding hydrogens is 142 g/mol. The molecule has 0 bridgehead atoms. The van der Waals surface area contributed by atoms with E-state index in [9.17, 15) is 4.79 Å². The van der Waals surface area contributed by atoms with Gasteiger partial charge in [0.05, 0.1) is 0 Å². The lowest BCUT2D eigenvalue weighted by Crippen LogP contribution is -2.22. The molecule has 0 aliphatic rings. The van der Waals surface area contributed by atoms with Gasteiger partial charge in [0.15, 0.2) is 0 Å². The molecule has 60 valence electrons. The predicted molar refractivity (Wildman–Crippen MR) is 44.0 cm³/mol. The quantitative estimate of drug-likeness (QED) is 0.567. The lowest BCUT2D eigenvalue weighted by Gasteiger charge is -2.02. The minimum atomic E-state index is -0.0818. The maximum atomic E-state index is 11.2. The van der Waals surface area contributed by atoms with Crippen LogP contribution in [0.1, 0.15) is 5.56 Å². The van der Waals surface area contributed by atoms with E-state index in [1.54, 1.807) is 19.3 Å². The molecule has 1 aromatic rings. The van der Waals surface area contributed by atoms with Gasteiger partial charge in [-0.15, -0.1) is 0 Å². The van der Waals surface area contributed by atoms with Crippen molar-refractivity contribution in [1.29, 1.82) is 0 Å². The van der Waals surface area contributed by atoms with E-state index in [1.807, 2.05) is 0 Å². The third-order valence-corrected chi connectivity index (χ3v) is 1.50. The van der Waals surface area contributed by atoms with Crippen molar-refractivity contribution in [2.24, 2.45) is 12.8 Å². The first-order valence-corrected chi connectivity index (χ1v) is 3.30. The highest BCUT2D eigenvalue weighted by Crippen LogP contribution is 1.99. The second kappa shape index (κ2) is 2.75. The Morgan fingerprint density at radius 1 is 1.64 bits per heavy atom. The van der Waals surface area contributed by atoms with E-state index < -0.39 is 0 Å². The van der Waals surface area contributed by atoms with Crippen LogP contribution in [-0.2, 0) is 13.6 Å². The zero-order chi connectivity index (χ0) is 8.43. The van der Waals surface area contributed by atoms with Crippen LogP contribution in [0.3, 0.4) is 0 Å². The molecule has 4 nitrogen and oxygen atoms in total. The predicted octanol–water partition coefficient (Wildman–Crippen LogP) is -0.574. The van der Waals surface area contributed by atoms with Gasteiger partial charge in [0.1, 0.15) is 0 Å².